The largest absolute Gasteiger partial charge is 0.434 e. The Balaban J connectivity index is 2.10. The second-order valence-corrected chi connectivity index (χ2v) is 4.26. The molecule has 2 aromatic heterocycles. The number of carbonyl (C=O) groups excluding carboxylic acids is 1. The van der Waals surface area contributed by atoms with Crippen molar-refractivity contribution in [2.24, 2.45) is 19.2 Å². The molecule has 0 aliphatic heterocycles. The molecule has 1 amide bonds. The highest BCUT2D eigenvalue weighted by Gasteiger charge is 2.22. The third-order valence-electron chi connectivity index (χ3n) is 2.89. The number of nitrogens with zero attached hydrogens (tertiary/aromatic N) is 7. The fourth-order valence-corrected chi connectivity index (χ4v) is 1.70. The molecule has 2 heterocycles. The molecule has 0 radical (unpaired) electrons. The number of nitrogens with one attached hydrogen (secondary N) is 1. The Labute approximate surface area is 127 Å². The van der Waals surface area contributed by atoms with Crippen molar-refractivity contribution in [1.29, 1.82) is 0 Å². The Bertz CT molecular complexity index is 819. The highest BCUT2D eigenvalue weighted by atomic mass is 16.6. The number of aromatic nitrogens is 4. The van der Waals surface area contributed by atoms with Crippen LogP contribution in [-0.2, 0) is 14.1 Å². The number of rotatable bonds is 5. The number of carbonyl (C=O) groups is 1. The monoisotopic (exact) mass is 322 g/mol. The van der Waals surface area contributed by atoms with Crippen LogP contribution in [0.1, 0.15) is 16.2 Å². The normalized spacial score (nSPS) is 10.9. The lowest BCUT2D eigenvalue weighted by atomic mass is 10.4. The van der Waals surface area contributed by atoms with Crippen LogP contribution in [0.15, 0.2) is 17.5 Å². The van der Waals surface area contributed by atoms with Crippen LogP contribution in [0.4, 0.5) is 11.9 Å². The van der Waals surface area contributed by atoms with E-state index in [1.165, 1.54) is 24.9 Å². The topological polar surface area (TPSA) is 163 Å². The second kappa shape index (κ2) is 6.00. The van der Waals surface area contributed by atoms with E-state index in [9.17, 15) is 25.0 Å². The zero-order chi connectivity index (χ0) is 17.1. The van der Waals surface area contributed by atoms with Gasteiger partial charge in [0.1, 0.15) is 6.20 Å². The van der Waals surface area contributed by atoms with Gasteiger partial charge in [-0.05, 0) is 9.85 Å². The first-order valence-electron chi connectivity index (χ1n) is 5.98. The van der Waals surface area contributed by atoms with Gasteiger partial charge in [0.15, 0.2) is 11.9 Å². The summed E-state index contributed by atoms with van der Waals surface area (Å²) in [7, 11) is 2.73. The number of amides is 1. The molecule has 0 spiro atoms. The van der Waals surface area contributed by atoms with Gasteiger partial charge in [-0.1, -0.05) is 9.97 Å². The molecule has 0 unspecified atom stereocenters. The van der Waals surface area contributed by atoms with Crippen LogP contribution in [0.3, 0.4) is 0 Å². The van der Waals surface area contributed by atoms with Crippen molar-refractivity contribution in [2.45, 2.75) is 0 Å². The highest BCUT2D eigenvalue weighted by molar-refractivity contribution is 5.93. The smallest absolute Gasteiger partial charge is 0.390 e. The maximum absolute atomic E-state index is 11.9. The van der Waals surface area contributed by atoms with Gasteiger partial charge in [0.25, 0.3) is 0 Å². The predicted octanol–water partition coefficient (Wildman–Crippen LogP) is -0.266. The summed E-state index contributed by atoms with van der Waals surface area (Å²) in [5.41, 5.74) is 2.36. The molecule has 0 aliphatic carbocycles. The number of hydrazone groups is 1. The summed E-state index contributed by atoms with van der Waals surface area (Å²) in [5.74, 6) is -1.58. The first kappa shape index (κ1) is 15.7. The maximum atomic E-state index is 11.9. The van der Waals surface area contributed by atoms with Crippen LogP contribution in [-0.4, -0.2) is 41.1 Å². The van der Waals surface area contributed by atoms with Crippen LogP contribution < -0.4 is 5.43 Å². The molecular weight excluding hydrogens is 312 g/mol. The molecule has 120 valence electrons. The van der Waals surface area contributed by atoms with Crippen LogP contribution in [0.2, 0.25) is 0 Å². The molecule has 0 saturated carbocycles. The Morgan fingerprint density at radius 2 is 1.74 bits per heavy atom. The Hall–Kier alpha value is -3.64. The third kappa shape index (κ3) is 3.02. The van der Waals surface area contributed by atoms with E-state index in [-0.39, 0.29) is 17.3 Å². The summed E-state index contributed by atoms with van der Waals surface area (Å²) < 4.78 is 2.17. The molecule has 13 heteroatoms. The third-order valence-corrected chi connectivity index (χ3v) is 2.89. The molecular formula is C10H10N8O5. The SMILES string of the molecule is Cn1c(/C=N\NC(=O)c2cnc([N+](=O)[O-])n2C)cnc1[N+](=O)[O-]. The molecule has 2 rings (SSSR count). The van der Waals surface area contributed by atoms with E-state index in [2.05, 4.69) is 20.5 Å². The zero-order valence-corrected chi connectivity index (χ0v) is 11.9. The van der Waals surface area contributed by atoms with Crippen molar-refractivity contribution in [3.05, 3.63) is 44.0 Å². The van der Waals surface area contributed by atoms with E-state index in [4.69, 9.17) is 0 Å². The fraction of sp³-hybridized carbons (Fsp3) is 0.200. The lowest BCUT2D eigenvalue weighted by molar-refractivity contribution is -0.396. The van der Waals surface area contributed by atoms with Crippen LogP contribution >= 0.6 is 0 Å². The maximum Gasteiger partial charge on any atom is 0.434 e. The van der Waals surface area contributed by atoms with E-state index in [1.807, 2.05) is 0 Å². The minimum atomic E-state index is -0.727. The van der Waals surface area contributed by atoms with Crippen molar-refractivity contribution < 1.29 is 14.6 Å². The number of imidazole rings is 2. The second-order valence-electron chi connectivity index (χ2n) is 4.26. The van der Waals surface area contributed by atoms with Gasteiger partial charge in [0.2, 0.25) is 5.69 Å². The Morgan fingerprint density at radius 1 is 1.17 bits per heavy atom. The summed E-state index contributed by atoms with van der Waals surface area (Å²) in [5, 5.41) is 24.9. The minimum absolute atomic E-state index is 0.0650. The van der Waals surface area contributed by atoms with Gasteiger partial charge in [-0.15, -0.1) is 0 Å². The number of hydrogen-bond donors (Lipinski definition) is 1. The molecule has 0 aromatic carbocycles. The first-order valence-corrected chi connectivity index (χ1v) is 5.98. The molecule has 0 atom stereocenters. The lowest BCUT2D eigenvalue weighted by Crippen LogP contribution is -2.21. The molecule has 0 bridgehead atoms. The van der Waals surface area contributed by atoms with Gasteiger partial charge < -0.3 is 20.2 Å². The van der Waals surface area contributed by atoms with Crippen molar-refractivity contribution in [3.8, 4) is 0 Å². The summed E-state index contributed by atoms with van der Waals surface area (Å²) >= 11 is 0. The van der Waals surface area contributed by atoms with Gasteiger partial charge in [-0.25, -0.2) is 14.6 Å². The predicted molar refractivity (Wildman–Crippen MR) is 74.8 cm³/mol. The van der Waals surface area contributed by atoms with Crippen molar-refractivity contribution in [3.63, 3.8) is 0 Å². The average Bonchev–Trinajstić information content (AvgIpc) is 3.02. The van der Waals surface area contributed by atoms with E-state index in [0.717, 1.165) is 17.0 Å². The standard InChI is InChI=1S/C10H10N8O5/c1-15-6(3-11-9(15)17(20)21)4-13-14-8(19)7-5-12-10(16(7)2)18(22)23/h3-5H,1-2H3,(H,14,19)/b13-4-. The van der Waals surface area contributed by atoms with Gasteiger partial charge in [0.05, 0.1) is 20.3 Å². The van der Waals surface area contributed by atoms with Gasteiger partial charge in [0, 0.05) is 0 Å². The zero-order valence-electron chi connectivity index (χ0n) is 11.9. The quantitative estimate of drug-likeness (QED) is 0.449. The summed E-state index contributed by atoms with van der Waals surface area (Å²) in [4.78, 5) is 38.8. The number of nitro groups is 2. The molecule has 0 saturated heterocycles. The number of hydrogen-bond acceptors (Lipinski definition) is 8. The van der Waals surface area contributed by atoms with E-state index in [1.54, 1.807) is 0 Å². The molecule has 23 heavy (non-hydrogen) atoms. The Morgan fingerprint density at radius 3 is 2.26 bits per heavy atom. The molecule has 0 aliphatic rings. The summed E-state index contributed by atoms with van der Waals surface area (Å²) in [6.45, 7) is 0. The van der Waals surface area contributed by atoms with Crippen molar-refractivity contribution in [2.75, 3.05) is 0 Å². The first-order chi connectivity index (χ1) is 10.8. The van der Waals surface area contributed by atoms with Crippen LogP contribution in [0, 0.1) is 20.2 Å². The van der Waals surface area contributed by atoms with Gasteiger partial charge >= 0.3 is 17.8 Å². The molecule has 1 N–H and O–H groups in total. The van der Waals surface area contributed by atoms with Crippen LogP contribution in [0.5, 0.6) is 0 Å². The highest BCUT2D eigenvalue weighted by Crippen LogP contribution is 2.10. The van der Waals surface area contributed by atoms with E-state index < -0.39 is 21.7 Å². The van der Waals surface area contributed by atoms with E-state index in [0.29, 0.717) is 0 Å². The average molecular weight is 322 g/mol. The van der Waals surface area contributed by atoms with Gasteiger partial charge in [-0.2, -0.15) is 5.10 Å². The molecule has 2 aromatic rings. The van der Waals surface area contributed by atoms with E-state index >= 15 is 0 Å². The lowest BCUT2D eigenvalue weighted by Gasteiger charge is -1.98. The van der Waals surface area contributed by atoms with Crippen molar-refractivity contribution in [1.82, 2.24) is 24.5 Å². The fourth-order valence-electron chi connectivity index (χ4n) is 1.70. The van der Waals surface area contributed by atoms with Crippen molar-refractivity contribution >= 4 is 24.0 Å². The summed E-state index contributed by atoms with van der Waals surface area (Å²) in [6, 6.07) is 0. The molecule has 0 fully saturated rings. The van der Waals surface area contributed by atoms with Crippen LogP contribution in [0.25, 0.3) is 0 Å². The van der Waals surface area contributed by atoms with Gasteiger partial charge in [-0.3, -0.25) is 4.79 Å². The summed E-state index contributed by atoms with van der Waals surface area (Å²) in [6.07, 6.45) is 3.41. The minimum Gasteiger partial charge on any atom is -0.390 e. The molecule has 13 nitrogen and oxygen atoms in total. The Kier molecular flexibility index (Phi) is 4.11.